The van der Waals surface area contributed by atoms with E-state index in [0.717, 1.165) is 28.5 Å². The Labute approximate surface area is 161 Å². The molecule has 3 rings (SSSR count). The number of aromatic nitrogens is 1. The van der Waals surface area contributed by atoms with E-state index in [9.17, 15) is 9.18 Å². The molecule has 2 N–H and O–H groups in total. The minimum Gasteiger partial charge on any atom is -0.369 e. The van der Waals surface area contributed by atoms with Gasteiger partial charge in [-0.25, -0.2) is 14.2 Å². The number of nitrogens with one attached hydrogen (secondary N) is 2. The largest absolute Gasteiger partial charge is 0.369 e. The van der Waals surface area contributed by atoms with Gasteiger partial charge in [0.1, 0.15) is 10.8 Å². The molecule has 2 heterocycles. The van der Waals surface area contributed by atoms with E-state index < -0.39 is 11.4 Å². The van der Waals surface area contributed by atoms with Crippen molar-refractivity contribution >= 4 is 34.7 Å². The van der Waals surface area contributed by atoms with Crippen LogP contribution in [-0.4, -0.2) is 30.1 Å². The Bertz CT molecular complexity index is 810. The van der Waals surface area contributed by atoms with Gasteiger partial charge in [0.25, 0.3) is 0 Å². The van der Waals surface area contributed by atoms with Crippen LogP contribution < -0.4 is 15.5 Å². The molecule has 1 saturated heterocycles. The first-order valence-electron chi connectivity index (χ1n) is 8.46. The summed E-state index contributed by atoms with van der Waals surface area (Å²) in [5, 5.41) is 6.97. The molecule has 0 aliphatic carbocycles. The quantitative estimate of drug-likeness (QED) is 0.819. The van der Waals surface area contributed by atoms with Crippen LogP contribution >= 0.6 is 22.9 Å². The average Bonchev–Trinajstić information content (AvgIpc) is 3.19. The molecule has 1 atom stereocenters. The van der Waals surface area contributed by atoms with Gasteiger partial charge in [-0.2, -0.15) is 0 Å². The average molecular weight is 397 g/mol. The first kappa shape index (κ1) is 18.9. The van der Waals surface area contributed by atoms with Gasteiger partial charge in [0.05, 0.1) is 10.6 Å². The predicted molar refractivity (Wildman–Crippen MR) is 104 cm³/mol. The van der Waals surface area contributed by atoms with Crippen LogP contribution in [0.2, 0.25) is 5.02 Å². The van der Waals surface area contributed by atoms with E-state index in [-0.39, 0.29) is 17.1 Å². The lowest BCUT2D eigenvalue weighted by Gasteiger charge is -2.25. The molecule has 8 heteroatoms. The van der Waals surface area contributed by atoms with Crippen molar-refractivity contribution in [3.8, 4) is 0 Å². The summed E-state index contributed by atoms with van der Waals surface area (Å²) in [4.78, 5) is 19.9. The Balaban J connectivity index is 1.56. The van der Waals surface area contributed by atoms with Crippen LogP contribution in [-0.2, 0) is 5.54 Å². The third-order valence-electron chi connectivity index (χ3n) is 4.37. The van der Waals surface area contributed by atoms with Gasteiger partial charge in [0, 0.05) is 35.9 Å². The minimum atomic E-state index is -0.541. The number of nitrogens with zero attached hydrogens (tertiary/aromatic N) is 2. The summed E-state index contributed by atoms with van der Waals surface area (Å²) >= 11 is 7.31. The van der Waals surface area contributed by atoms with Gasteiger partial charge in [-0.1, -0.05) is 11.6 Å². The molecule has 26 heavy (non-hydrogen) atoms. The maximum absolute atomic E-state index is 13.6. The Morgan fingerprint density at radius 3 is 2.88 bits per heavy atom. The van der Waals surface area contributed by atoms with Crippen LogP contribution in [0.5, 0.6) is 0 Å². The minimum absolute atomic E-state index is 0.00238. The number of carbonyl (C=O) groups excluding carboxylic acids is 1. The van der Waals surface area contributed by atoms with Gasteiger partial charge >= 0.3 is 6.03 Å². The Kier molecular flexibility index (Phi) is 5.39. The number of benzene rings is 1. The van der Waals surface area contributed by atoms with E-state index in [0.29, 0.717) is 6.54 Å². The summed E-state index contributed by atoms with van der Waals surface area (Å²) in [6.45, 7) is 7.24. The van der Waals surface area contributed by atoms with Crippen molar-refractivity contribution in [2.24, 2.45) is 0 Å². The van der Waals surface area contributed by atoms with Crippen molar-refractivity contribution in [3.05, 3.63) is 45.1 Å². The Morgan fingerprint density at radius 1 is 1.46 bits per heavy atom. The number of hydrogen-bond acceptors (Lipinski definition) is 4. The zero-order valence-corrected chi connectivity index (χ0v) is 16.5. The maximum atomic E-state index is 13.6. The summed E-state index contributed by atoms with van der Waals surface area (Å²) in [5.41, 5.74) is 0.232. The molecule has 2 amide bonds. The fourth-order valence-electron chi connectivity index (χ4n) is 3.00. The molecule has 140 valence electrons. The SMILES string of the molecule is Cc1cnc(C(C)(C)NC(=O)NC2CCN(c3ccc(Cl)c(F)c3)C2)s1. The number of urea groups is 1. The zero-order chi connectivity index (χ0) is 18.9. The second-order valence-electron chi connectivity index (χ2n) is 7.03. The highest BCUT2D eigenvalue weighted by Crippen LogP contribution is 2.26. The third-order valence-corrected chi connectivity index (χ3v) is 5.92. The standard InChI is InChI=1S/C18H22ClFN4OS/c1-11-9-21-16(26-11)18(2,3)23-17(25)22-12-6-7-24(10-12)13-4-5-14(19)15(20)8-13/h4-5,8-9,12H,6-7,10H2,1-3H3,(H2,22,23,25). The van der Waals surface area contributed by atoms with E-state index in [1.807, 2.05) is 25.7 Å². The lowest BCUT2D eigenvalue weighted by molar-refractivity contribution is 0.227. The topological polar surface area (TPSA) is 57.3 Å². The summed E-state index contributed by atoms with van der Waals surface area (Å²) in [6.07, 6.45) is 2.61. The molecule has 1 aromatic carbocycles. The van der Waals surface area contributed by atoms with Gasteiger partial charge in [-0.3, -0.25) is 0 Å². The normalized spacial score (nSPS) is 17.4. The molecule has 1 aliphatic rings. The van der Waals surface area contributed by atoms with E-state index in [1.165, 1.54) is 6.07 Å². The number of amides is 2. The van der Waals surface area contributed by atoms with Crippen molar-refractivity contribution in [2.45, 2.75) is 38.8 Å². The second kappa shape index (κ2) is 7.40. The number of anilines is 1. The van der Waals surface area contributed by atoms with Crippen LogP contribution in [0.1, 0.15) is 30.2 Å². The first-order chi connectivity index (χ1) is 12.2. The predicted octanol–water partition coefficient (Wildman–Crippen LogP) is 4.06. The van der Waals surface area contributed by atoms with E-state index in [4.69, 9.17) is 11.6 Å². The van der Waals surface area contributed by atoms with Crippen molar-refractivity contribution in [1.29, 1.82) is 0 Å². The molecular formula is C18H22ClFN4OS. The van der Waals surface area contributed by atoms with Crippen LogP contribution in [0.25, 0.3) is 0 Å². The van der Waals surface area contributed by atoms with Crippen molar-refractivity contribution in [2.75, 3.05) is 18.0 Å². The van der Waals surface area contributed by atoms with Crippen LogP contribution in [0.4, 0.5) is 14.9 Å². The molecule has 0 saturated carbocycles. The molecule has 5 nitrogen and oxygen atoms in total. The van der Waals surface area contributed by atoms with E-state index in [2.05, 4.69) is 15.6 Å². The number of rotatable bonds is 4. The maximum Gasteiger partial charge on any atom is 0.315 e. The van der Waals surface area contributed by atoms with Gasteiger partial charge in [0.15, 0.2) is 0 Å². The number of aryl methyl sites for hydroxylation is 1. The highest BCUT2D eigenvalue weighted by atomic mass is 35.5. The molecule has 1 aromatic heterocycles. The second-order valence-corrected chi connectivity index (χ2v) is 8.67. The van der Waals surface area contributed by atoms with Crippen molar-refractivity contribution < 1.29 is 9.18 Å². The summed E-state index contributed by atoms with van der Waals surface area (Å²) in [7, 11) is 0. The van der Waals surface area contributed by atoms with Crippen molar-refractivity contribution in [1.82, 2.24) is 15.6 Å². The van der Waals surface area contributed by atoms with Crippen LogP contribution in [0.15, 0.2) is 24.4 Å². The number of carbonyl (C=O) groups is 1. The molecule has 0 spiro atoms. The lowest BCUT2D eigenvalue weighted by Crippen LogP contribution is -2.50. The Morgan fingerprint density at radius 2 is 2.23 bits per heavy atom. The van der Waals surface area contributed by atoms with Gasteiger partial charge in [0.2, 0.25) is 0 Å². The summed E-state index contributed by atoms with van der Waals surface area (Å²) < 4.78 is 13.6. The van der Waals surface area contributed by atoms with Crippen LogP contribution in [0, 0.1) is 12.7 Å². The number of hydrogen-bond donors (Lipinski definition) is 2. The molecule has 1 aliphatic heterocycles. The molecule has 2 aromatic rings. The number of thiazole rings is 1. The number of halogens is 2. The summed E-state index contributed by atoms with van der Waals surface area (Å²) in [6, 6.07) is 4.55. The smallest absolute Gasteiger partial charge is 0.315 e. The van der Waals surface area contributed by atoms with E-state index in [1.54, 1.807) is 29.7 Å². The van der Waals surface area contributed by atoms with Gasteiger partial charge < -0.3 is 15.5 Å². The highest BCUT2D eigenvalue weighted by Gasteiger charge is 2.29. The molecular weight excluding hydrogens is 375 g/mol. The third kappa shape index (κ3) is 4.27. The first-order valence-corrected chi connectivity index (χ1v) is 9.65. The molecule has 1 unspecified atom stereocenters. The van der Waals surface area contributed by atoms with Crippen LogP contribution in [0.3, 0.4) is 0 Å². The summed E-state index contributed by atoms with van der Waals surface area (Å²) in [5.74, 6) is -0.432. The lowest BCUT2D eigenvalue weighted by atomic mass is 10.1. The molecule has 0 bridgehead atoms. The molecule has 1 fully saturated rings. The Hall–Kier alpha value is -1.86. The zero-order valence-electron chi connectivity index (χ0n) is 15.0. The molecule has 0 radical (unpaired) electrons. The van der Waals surface area contributed by atoms with Crippen molar-refractivity contribution in [3.63, 3.8) is 0 Å². The fraction of sp³-hybridized carbons (Fsp3) is 0.444. The van der Waals surface area contributed by atoms with Gasteiger partial charge in [-0.05, 0) is 45.4 Å². The van der Waals surface area contributed by atoms with Gasteiger partial charge in [-0.15, -0.1) is 11.3 Å². The highest BCUT2D eigenvalue weighted by molar-refractivity contribution is 7.11. The van der Waals surface area contributed by atoms with E-state index >= 15 is 0 Å². The monoisotopic (exact) mass is 396 g/mol. The fourth-order valence-corrected chi connectivity index (χ4v) is 3.94.